The molecule has 0 saturated carbocycles. The number of Topliss-reactive ketones (excluding diaryl/α,β-unsaturated/α-hetero) is 1. The zero-order valence-corrected chi connectivity index (χ0v) is 13.0. The largest absolute Gasteiger partial charge is 0.287 e. The maximum atomic E-state index is 13.0. The first-order valence-corrected chi connectivity index (χ1v) is 6.91. The van der Waals surface area contributed by atoms with E-state index in [1.165, 1.54) is 17.5 Å². The molecule has 6 heteroatoms. The number of allylic oxidation sites excluding steroid dienone is 1. The number of hydrogen-bond acceptors (Lipinski definition) is 3. The lowest BCUT2D eigenvalue weighted by Crippen LogP contribution is -2.02. The first kappa shape index (κ1) is 14.7. The van der Waals surface area contributed by atoms with E-state index in [-0.39, 0.29) is 17.3 Å². The average Bonchev–Trinajstić information content (AvgIpc) is 2.76. The second-order valence-corrected chi connectivity index (χ2v) is 5.14. The third-order valence-corrected chi connectivity index (χ3v) is 3.58. The summed E-state index contributed by atoms with van der Waals surface area (Å²) in [5.74, 6) is -0.189. The number of aromatic nitrogens is 2. The molecule has 0 atom stereocenters. The quantitative estimate of drug-likeness (QED) is 0.475. The predicted molar refractivity (Wildman–Crippen MR) is 83.1 cm³/mol. The summed E-state index contributed by atoms with van der Waals surface area (Å²) in [4.78, 5) is 16.2. The third-order valence-electron chi connectivity index (χ3n) is 2.64. The van der Waals surface area contributed by atoms with E-state index < -0.39 is 0 Å². The summed E-state index contributed by atoms with van der Waals surface area (Å²) < 4.78 is 15.1. The number of benzene rings is 1. The van der Waals surface area contributed by atoms with Gasteiger partial charge < -0.3 is 0 Å². The molecule has 1 aromatic heterocycles. The van der Waals surface area contributed by atoms with Crippen LogP contribution in [0.25, 0.3) is 5.69 Å². The first-order valence-electron chi connectivity index (χ1n) is 5.65. The van der Waals surface area contributed by atoms with Gasteiger partial charge in [-0.3, -0.25) is 9.36 Å². The molecular formula is C14H10BrFN2OS. The number of carbonyl (C=O) groups excluding carboxylic acids is 1. The van der Waals surface area contributed by atoms with Gasteiger partial charge in [-0.15, -0.1) is 0 Å². The molecule has 0 spiro atoms. The van der Waals surface area contributed by atoms with Crippen LogP contribution in [0.15, 0.2) is 41.0 Å². The lowest BCUT2D eigenvalue weighted by Gasteiger charge is -2.06. The van der Waals surface area contributed by atoms with Crippen molar-refractivity contribution in [2.24, 2.45) is 0 Å². The maximum absolute atomic E-state index is 13.0. The summed E-state index contributed by atoms with van der Waals surface area (Å²) in [6.07, 6.45) is 0. The predicted octanol–water partition coefficient (Wildman–Crippen LogP) is 3.88. The van der Waals surface area contributed by atoms with Gasteiger partial charge in [-0.2, -0.15) is 0 Å². The topological polar surface area (TPSA) is 34.9 Å². The fourth-order valence-corrected chi connectivity index (χ4v) is 2.49. The van der Waals surface area contributed by atoms with Gasteiger partial charge in [0.05, 0.1) is 0 Å². The van der Waals surface area contributed by atoms with Crippen molar-refractivity contribution in [1.29, 1.82) is 0 Å². The van der Waals surface area contributed by atoms with E-state index >= 15 is 0 Å². The summed E-state index contributed by atoms with van der Waals surface area (Å²) >= 11 is 8.27. The lowest BCUT2D eigenvalue weighted by atomic mass is 10.2. The molecular weight excluding hydrogens is 343 g/mol. The Morgan fingerprint density at radius 2 is 2.05 bits per heavy atom. The van der Waals surface area contributed by atoms with Gasteiger partial charge in [0.2, 0.25) is 5.78 Å². The van der Waals surface area contributed by atoms with Gasteiger partial charge in [-0.25, -0.2) is 9.37 Å². The van der Waals surface area contributed by atoms with Gasteiger partial charge >= 0.3 is 0 Å². The van der Waals surface area contributed by atoms with Crippen molar-refractivity contribution in [2.45, 2.75) is 6.92 Å². The van der Waals surface area contributed by atoms with Gasteiger partial charge in [0.15, 0.2) is 0 Å². The Morgan fingerprint density at radius 1 is 1.45 bits per heavy atom. The van der Waals surface area contributed by atoms with E-state index in [1.54, 1.807) is 23.6 Å². The highest BCUT2D eigenvalue weighted by molar-refractivity contribution is 9.10. The molecule has 0 aliphatic carbocycles. The van der Waals surface area contributed by atoms with Crippen molar-refractivity contribution in [3.05, 3.63) is 58.4 Å². The van der Waals surface area contributed by atoms with Crippen LogP contribution in [0.2, 0.25) is 0 Å². The molecule has 1 aromatic carbocycles. The van der Waals surface area contributed by atoms with Crippen LogP contribution in [0.5, 0.6) is 0 Å². The summed E-state index contributed by atoms with van der Waals surface area (Å²) in [6, 6.07) is 5.82. The van der Waals surface area contributed by atoms with Crippen molar-refractivity contribution in [3.8, 4) is 5.69 Å². The van der Waals surface area contributed by atoms with Crippen molar-refractivity contribution >= 4 is 39.3 Å². The molecule has 102 valence electrons. The molecule has 2 rings (SSSR count). The molecule has 0 fully saturated rings. The monoisotopic (exact) mass is 352 g/mol. The molecule has 0 aliphatic rings. The van der Waals surface area contributed by atoms with Gasteiger partial charge in [-0.05, 0) is 52.7 Å². The van der Waals surface area contributed by atoms with Gasteiger partial charge in [0.25, 0.3) is 0 Å². The van der Waals surface area contributed by atoms with E-state index in [0.29, 0.717) is 21.7 Å². The van der Waals surface area contributed by atoms with Crippen LogP contribution in [0, 0.1) is 5.82 Å². The van der Waals surface area contributed by atoms with Gasteiger partial charge in [-0.1, -0.05) is 18.8 Å². The highest BCUT2D eigenvalue weighted by atomic mass is 79.9. The molecule has 2 aromatic rings. The van der Waals surface area contributed by atoms with Gasteiger partial charge in [0.1, 0.15) is 21.9 Å². The van der Waals surface area contributed by atoms with Crippen molar-refractivity contribution < 1.29 is 9.18 Å². The van der Waals surface area contributed by atoms with Crippen molar-refractivity contribution in [1.82, 2.24) is 9.55 Å². The smallest absolute Gasteiger partial charge is 0.209 e. The van der Waals surface area contributed by atoms with Crippen LogP contribution in [0.3, 0.4) is 0 Å². The molecule has 1 heterocycles. The fraction of sp³-hybridized carbons (Fsp3) is 0.0714. The summed E-state index contributed by atoms with van der Waals surface area (Å²) in [5.41, 5.74) is 1.27. The van der Waals surface area contributed by atoms with Crippen LogP contribution in [-0.2, 0) is 0 Å². The van der Waals surface area contributed by atoms with E-state index in [2.05, 4.69) is 27.5 Å². The normalized spacial score (nSPS) is 10.3. The zero-order chi connectivity index (χ0) is 14.9. The molecule has 0 radical (unpaired) electrons. The minimum Gasteiger partial charge on any atom is -0.287 e. The standard InChI is InChI=1S/C14H10BrFN2OS/c1-8(2)13(19)12-14(15)18(11(7-20)17-12)10-5-3-9(16)4-6-10/h3-7H,1H2,2H3. The molecule has 3 nitrogen and oxygen atoms in total. The van der Waals surface area contributed by atoms with Crippen molar-refractivity contribution in [3.63, 3.8) is 0 Å². The SMILES string of the molecule is C=C(C)C(=O)c1nc(C=S)n(-c2ccc(F)cc2)c1Br. The Bertz CT molecular complexity index is 707. The van der Waals surface area contributed by atoms with Crippen molar-refractivity contribution in [2.75, 3.05) is 0 Å². The van der Waals surface area contributed by atoms with E-state index in [9.17, 15) is 9.18 Å². The lowest BCUT2D eigenvalue weighted by molar-refractivity contribution is 0.103. The Balaban J connectivity index is 2.64. The summed E-state index contributed by atoms with van der Waals surface area (Å²) in [6.45, 7) is 5.23. The Labute approximate surface area is 129 Å². The minimum atomic E-state index is -0.341. The highest BCUT2D eigenvalue weighted by Gasteiger charge is 2.21. The maximum Gasteiger partial charge on any atom is 0.209 e. The molecule has 20 heavy (non-hydrogen) atoms. The van der Waals surface area contributed by atoms with Crippen LogP contribution in [-0.4, -0.2) is 20.7 Å². The van der Waals surface area contributed by atoms with Gasteiger partial charge in [0, 0.05) is 11.1 Å². The Hall–Kier alpha value is -1.66. The van der Waals surface area contributed by atoms with Crippen LogP contribution < -0.4 is 0 Å². The molecule has 0 unspecified atom stereocenters. The number of nitrogens with zero attached hydrogens (tertiary/aromatic N) is 2. The average molecular weight is 353 g/mol. The number of carbonyl (C=O) groups is 1. The highest BCUT2D eigenvalue weighted by Crippen LogP contribution is 2.25. The Morgan fingerprint density at radius 3 is 2.55 bits per heavy atom. The summed E-state index contributed by atoms with van der Waals surface area (Å²) in [7, 11) is 0. The van der Waals surface area contributed by atoms with Crippen LogP contribution >= 0.6 is 28.1 Å². The molecule has 0 N–H and O–H groups in total. The number of imidazole rings is 1. The molecule has 0 bridgehead atoms. The summed E-state index contributed by atoms with van der Waals surface area (Å²) in [5, 5.41) is 1.36. The molecule has 0 amide bonds. The Kier molecular flexibility index (Phi) is 4.25. The van der Waals surface area contributed by atoms with E-state index in [0.717, 1.165) is 0 Å². The second-order valence-electron chi connectivity index (χ2n) is 4.15. The molecule has 0 aliphatic heterocycles. The number of thiocarbonyl (C=S) groups is 1. The number of halogens is 2. The van der Waals surface area contributed by atoms with Crippen LogP contribution in [0.4, 0.5) is 4.39 Å². The minimum absolute atomic E-state index is 0.234. The number of ketones is 1. The fourth-order valence-electron chi connectivity index (χ4n) is 1.68. The second kappa shape index (κ2) is 5.76. The first-order chi connectivity index (χ1) is 9.45. The van der Waals surface area contributed by atoms with E-state index in [1.807, 2.05) is 0 Å². The zero-order valence-electron chi connectivity index (χ0n) is 10.6. The molecule has 0 saturated heterocycles. The number of hydrogen-bond donors (Lipinski definition) is 0. The third kappa shape index (κ3) is 2.62. The van der Waals surface area contributed by atoms with Crippen LogP contribution in [0.1, 0.15) is 23.2 Å². The number of rotatable bonds is 4. The van der Waals surface area contributed by atoms with E-state index in [4.69, 9.17) is 12.2 Å².